The number of nitrogens with one attached hydrogen (secondary N) is 1. The zero-order chi connectivity index (χ0) is 9.56. The van der Waals surface area contributed by atoms with E-state index >= 15 is 0 Å². The number of hydrazine groups is 1. The maximum atomic E-state index is 5.45. The molecule has 0 aromatic rings. The molecule has 0 heterocycles. The van der Waals surface area contributed by atoms with Gasteiger partial charge in [0.05, 0.1) is 12.7 Å². The summed E-state index contributed by atoms with van der Waals surface area (Å²) in [4.78, 5) is 0. The first-order valence-electron chi connectivity index (χ1n) is 4.64. The fourth-order valence-electron chi connectivity index (χ4n) is 1.06. The smallest absolute Gasteiger partial charge is 0.0636 e. The molecular weight excluding hydrogens is 152 g/mol. The van der Waals surface area contributed by atoms with Gasteiger partial charge in [-0.1, -0.05) is 13.8 Å². The molecular formula is C9H22N2O. The zero-order valence-corrected chi connectivity index (χ0v) is 8.63. The fraction of sp³-hybridized carbons (Fsp3) is 1.00. The summed E-state index contributed by atoms with van der Waals surface area (Å²) in [5.41, 5.74) is 2.76. The second-order valence-electron chi connectivity index (χ2n) is 3.88. The molecule has 12 heavy (non-hydrogen) atoms. The molecule has 0 aliphatic carbocycles. The molecule has 1 unspecified atom stereocenters. The van der Waals surface area contributed by atoms with Crippen molar-refractivity contribution < 1.29 is 4.74 Å². The van der Waals surface area contributed by atoms with Gasteiger partial charge in [0.15, 0.2) is 0 Å². The van der Waals surface area contributed by atoms with Crippen molar-refractivity contribution in [2.45, 2.75) is 46.3 Å². The van der Waals surface area contributed by atoms with Crippen LogP contribution in [0.5, 0.6) is 0 Å². The highest BCUT2D eigenvalue weighted by Crippen LogP contribution is 2.04. The second kappa shape index (κ2) is 6.40. The predicted molar refractivity (Wildman–Crippen MR) is 51.7 cm³/mol. The molecule has 0 fully saturated rings. The Labute approximate surface area is 75.6 Å². The molecule has 0 bridgehead atoms. The van der Waals surface area contributed by atoms with Crippen molar-refractivity contribution in [3.63, 3.8) is 0 Å². The van der Waals surface area contributed by atoms with Crippen LogP contribution in [0.4, 0.5) is 0 Å². The van der Waals surface area contributed by atoms with Crippen molar-refractivity contribution in [3.05, 3.63) is 0 Å². The molecule has 0 aliphatic rings. The van der Waals surface area contributed by atoms with Gasteiger partial charge >= 0.3 is 0 Å². The first-order chi connectivity index (χ1) is 5.56. The van der Waals surface area contributed by atoms with Crippen LogP contribution in [0.2, 0.25) is 0 Å². The van der Waals surface area contributed by atoms with E-state index in [1.54, 1.807) is 0 Å². The number of ether oxygens (including phenoxy) is 1. The monoisotopic (exact) mass is 174 g/mol. The van der Waals surface area contributed by atoms with Crippen LogP contribution >= 0.6 is 0 Å². The first kappa shape index (κ1) is 11.9. The summed E-state index contributed by atoms with van der Waals surface area (Å²) in [6.45, 7) is 9.12. The molecule has 0 rings (SSSR count). The van der Waals surface area contributed by atoms with Crippen molar-refractivity contribution >= 4 is 0 Å². The maximum Gasteiger partial charge on any atom is 0.0636 e. The Kier molecular flexibility index (Phi) is 6.34. The van der Waals surface area contributed by atoms with E-state index in [4.69, 9.17) is 10.6 Å². The van der Waals surface area contributed by atoms with Gasteiger partial charge < -0.3 is 4.74 Å². The summed E-state index contributed by atoms with van der Waals surface area (Å²) in [5.74, 6) is 6.03. The van der Waals surface area contributed by atoms with Gasteiger partial charge in [0, 0.05) is 6.04 Å². The van der Waals surface area contributed by atoms with E-state index < -0.39 is 0 Å². The minimum Gasteiger partial charge on any atom is -0.377 e. The van der Waals surface area contributed by atoms with Crippen LogP contribution in [-0.2, 0) is 4.74 Å². The molecule has 74 valence electrons. The molecule has 1 atom stereocenters. The van der Waals surface area contributed by atoms with E-state index in [-0.39, 0.29) is 12.1 Å². The normalized spacial score (nSPS) is 14.2. The van der Waals surface area contributed by atoms with E-state index in [0.29, 0.717) is 12.5 Å². The molecule has 3 heteroatoms. The highest BCUT2D eigenvalue weighted by molar-refractivity contribution is 4.64. The third-order valence-electron chi connectivity index (χ3n) is 1.62. The van der Waals surface area contributed by atoms with E-state index in [2.05, 4.69) is 19.3 Å². The highest BCUT2D eigenvalue weighted by atomic mass is 16.5. The van der Waals surface area contributed by atoms with Crippen molar-refractivity contribution in [3.8, 4) is 0 Å². The van der Waals surface area contributed by atoms with E-state index in [1.807, 2.05) is 13.8 Å². The van der Waals surface area contributed by atoms with Gasteiger partial charge in [-0.15, -0.1) is 0 Å². The molecule has 0 aromatic heterocycles. The van der Waals surface area contributed by atoms with Crippen LogP contribution in [-0.4, -0.2) is 18.8 Å². The summed E-state index contributed by atoms with van der Waals surface area (Å²) in [6, 6.07) is 0.285. The summed E-state index contributed by atoms with van der Waals surface area (Å²) < 4.78 is 5.45. The number of hydrogen-bond donors (Lipinski definition) is 2. The lowest BCUT2D eigenvalue weighted by molar-refractivity contribution is 0.0570. The minimum absolute atomic E-state index is 0.285. The SMILES string of the molecule is CC(C)CC(COC(C)C)NN. The molecule has 0 aromatic carbocycles. The first-order valence-corrected chi connectivity index (χ1v) is 4.64. The lowest BCUT2D eigenvalue weighted by Crippen LogP contribution is -2.40. The Morgan fingerprint density at radius 1 is 1.25 bits per heavy atom. The van der Waals surface area contributed by atoms with Crippen molar-refractivity contribution in [2.24, 2.45) is 11.8 Å². The van der Waals surface area contributed by atoms with E-state index in [0.717, 1.165) is 6.42 Å². The predicted octanol–water partition coefficient (Wildman–Crippen LogP) is 1.29. The van der Waals surface area contributed by atoms with Gasteiger partial charge in [0.25, 0.3) is 0 Å². The van der Waals surface area contributed by atoms with E-state index in [1.165, 1.54) is 0 Å². The molecule has 0 saturated carbocycles. The third-order valence-corrected chi connectivity index (χ3v) is 1.62. The van der Waals surface area contributed by atoms with Gasteiger partial charge in [-0.05, 0) is 26.2 Å². The number of hydrogen-bond acceptors (Lipinski definition) is 3. The Hall–Kier alpha value is -0.120. The van der Waals surface area contributed by atoms with Crippen molar-refractivity contribution in [2.75, 3.05) is 6.61 Å². The van der Waals surface area contributed by atoms with Gasteiger partial charge in [0.2, 0.25) is 0 Å². The van der Waals surface area contributed by atoms with Gasteiger partial charge in [-0.25, -0.2) is 0 Å². The highest BCUT2D eigenvalue weighted by Gasteiger charge is 2.09. The van der Waals surface area contributed by atoms with Crippen molar-refractivity contribution in [1.29, 1.82) is 0 Å². The quantitative estimate of drug-likeness (QED) is 0.471. The zero-order valence-electron chi connectivity index (χ0n) is 8.63. The van der Waals surface area contributed by atoms with Crippen molar-refractivity contribution in [1.82, 2.24) is 5.43 Å². The maximum absolute atomic E-state index is 5.45. The minimum atomic E-state index is 0.285. The third kappa shape index (κ3) is 6.58. The van der Waals surface area contributed by atoms with Crippen LogP contribution < -0.4 is 11.3 Å². The summed E-state index contributed by atoms with van der Waals surface area (Å²) in [7, 11) is 0. The average molecular weight is 174 g/mol. The molecule has 0 amide bonds. The summed E-state index contributed by atoms with van der Waals surface area (Å²) in [5, 5.41) is 0. The van der Waals surface area contributed by atoms with E-state index in [9.17, 15) is 0 Å². The number of nitrogens with two attached hydrogens (primary N) is 1. The summed E-state index contributed by atoms with van der Waals surface area (Å²) >= 11 is 0. The molecule has 0 spiro atoms. The van der Waals surface area contributed by atoms with Crippen LogP contribution in [0.1, 0.15) is 34.1 Å². The molecule has 0 aliphatic heterocycles. The Morgan fingerprint density at radius 2 is 1.83 bits per heavy atom. The lowest BCUT2D eigenvalue weighted by atomic mass is 10.1. The lowest BCUT2D eigenvalue weighted by Gasteiger charge is -2.19. The fourth-order valence-corrected chi connectivity index (χ4v) is 1.06. The number of rotatable bonds is 6. The Balaban J connectivity index is 3.53. The second-order valence-corrected chi connectivity index (χ2v) is 3.88. The van der Waals surface area contributed by atoms with Gasteiger partial charge in [-0.3, -0.25) is 11.3 Å². The average Bonchev–Trinajstić information content (AvgIpc) is 1.97. The molecule has 3 nitrogen and oxygen atoms in total. The van der Waals surface area contributed by atoms with Crippen LogP contribution in [0.3, 0.4) is 0 Å². The van der Waals surface area contributed by atoms with Crippen LogP contribution in [0.25, 0.3) is 0 Å². The topological polar surface area (TPSA) is 47.3 Å². The molecule has 0 radical (unpaired) electrons. The Morgan fingerprint density at radius 3 is 2.17 bits per heavy atom. The van der Waals surface area contributed by atoms with Gasteiger partial charge in [0.1, 0.15) is 0 Å². The molecule has 3 N–H and O–H groups in total. The summed E-state index contributed by atoms with van der Waals surface area (Å²) in [6.07, 6.45) is 1.34. The largest absolute Gasteiger partial charge is 0.377 e. The van der Waals surface area contributed by atoms with Crippen LogP contribution in [0.15, 0.2) is 0 Å². The Bertz CT molecular complexity index is 105. The standard InChI is InChI=1S/C9H22N2O/c1-7(2)5-9(11-10)6-12-8(3)4/h7-9,11H,5-6,10H2,1-4H3. The van der Waals surface area contributed by atoms with Crippen LogP contribution in [0, 0.1) is 5.92 Å². The molecule has 0 saturated heterocycles. The van der Waals surface area contributed by atoms with Gasteiger partial charge in [-0.2, -0.15) is 0 Å².